The van der Waals surface area contributed by atoms with Crippen molar-refractivity contribution in [2.75, 3.05) is 18.4 Å². The van der Waals surface area contributed by atoms with E-state index in [0.717, 1.165) is 25.3 Å². The number of anilines is 1. The summed E-state index contributed by atoms with van der Waals surface area (Å²) in [5, 5.41) is 2.18. The summed E-state index contributed by atoms with van der Waals surface area (Å²) >= 11 is 0. The van der Waals surface area contributed by atoms with E-state index in [-0.39, 0.29) is 11.6 Å². The highest BCUT2D eigenvalue weighted by atomic mass is 19.4. The van der Waals surface area contributed by atoms with Crippen molar-refractivity contribution in [1.29, 1.82) is 0 Å². The number of likely N-dealkylation sites (tertiary alicyclic amines) is 1. The van der Waals surface area contributed by atoms with Crippen LogP contribution in [0.5, 0.6) is 0 Å². The van der Waals surface area contributed by atoms with Gasteiger partial charge in [-0.2, -0.15) is 13.2 Å². The molecule has 1 aliphatic rings. The standard InChI is InChI=1S/C15H17F3N2O2/c16-15(17,18)11-6-2-3-7-12(11)19-13(21)10-14(22)20-8-4-1-5-9-20/h2-3,6-7H,1,4-5,8-10H2,(H,19,21). The van der Waals surface area contributed by atoms with Crippen molar-refractivity contribution in [3.63, 3.8) is 0 Å². The molecule has 120 valence electrons. The number of piperidine rings is 1. The van der Waals surface area contributed by atoms with E-state index >= 15 is 0 Å². The van der Waals surface area contributed by atoms with Crippen molar-refractivity contribution < 1.29 is 22.8 Å². The topological polar surface area (TPSA) is 49.4 Å². The Labute approximate surface area is 126 Å². The summed E-state index contributed by atoms with van der Waals surface area (Å²) in [6.45, 7) is 1.20. The number of nitrogens with zero attached hydrogens (tertiary/aromatic N) is 1. The number of benzene rings is 1. The molecule has 0 atom stereocenters. The van der Waals surface area contributed by atoms with E-state index in [0.29, 0.717) is 13.1 Å². The zero-order chi connectivity index (χ0) is 16.2. The van der Waals surface area contributed by atoms with Crippen LogP contribution in [0.4, 0.5) is 18.9 Å². The predicted octanol–water partition coefficient (Wildman–Crippen LogP) is 3.05. The van der Waals surface area contributed by atoms with Gasteiger partial charge in [-0.05, 0) is 31.4 Å². The number of amides is 2. The Balaban J connectivity index is 1.99. The highest BCUT2D eigenvalue weighted by Gasteiger charge is 2.33. The zero-order valence-corrected chi connectivity index (χ0v) is 11.9. The molecule has 1 fully saturated rings. The molecule has 2 amide bonds. The quantitative estimate of drug-likeness (QED) is 0.872. The van der Waals surface area contributed by atoms with Gasteiger partial charge in [0.2, 0.25) is 11.8 Å². The molecule has 0 spiro atoms. The van der Waals surface area contributed by atoms with Gasteiger partial charge >= 0.3 is 6.18 Å². The largest absolute Gasteiger partial charge is 0.418 e. The molecule has 1 N–H and O–H groups in total. The van der Waals surface area contributed by atoms with Gasteiger partial charge in [0.1, 0.15) is 6.42 Å². The fourth-order valence-corrected chi connectivity index (χ4v) is 2.43. The van der Waals surface area contributed by atoms with Crippen LogP contribution in [0.2, 0.25) is 0 Å². The molecule has 0 bridgehead atoms. The predicted molar refractivity (Wildman–Crippen MR) is 75.1 cm³/mol. The van der Waals surface area contributed by atoms with Crippen LogP contribution >= 0.6 is 0 Å². The summed E-state index contributed by atoms with van der Waals surface area (Å²) in [5.41, 5.74) is -1.25. The van der Waals surface area contributed by atoms with E-state index in [1.54, 1.807) is 4.90 Å². The molecule has 1 saturated heterocycles. The highest BCUT2D eigenvalue weighted by Crippen LogP contribution is 2.34. The molecule has 0 saturated carbocycles. The second-order valence-corrected chi connectivity index (χ2v) is 5.21. The van der Waals surface area contributed by atoms with Crippen molar-refractivity contribution in [2.45, 2.75) is 31.9 Å². The lowest BCUT2D eigenvalue weighted by Gasteiger charge is -2.26. The summed E-state index contributed by atoms with van der Waals surface area (Å²) in [5.74, 6) is -1.08. The first kappa shape index (κ1) is 16.3. The first-order valence-electron chi connectivity index (χ1n) is 7.12. The minimum atomic E-state index is -4.55. The number of nitrogens with one attached hydrogen (secondary N) is 1. The average molecular weight is 314 g/mol. The second-order valence-electron chi connectivity index (χ2n) is 5.21. The number of hydrogen-bond acceptors (Lipinski definition) is 2. The fraction of sp³-hybridized carbons (Fsp3) is 0.467. The maximum Gasteiger partial charge on any atom is 0.418 e. The van der Waals surface area contributed by atoms with Crippen LogP contribution in [-0.2, 0) is 15.8 Å². The van der Waals surface area contributed by atoms with Crippen molar-refractivity contribution in [2.24, 2.45) is 0 Å². The molecule has 1 aromatic rings. The van der Waals surface area contributed by atoms with Crippen molar-refractivity contribution in [3.05, 3.63) is 29.8 Å². The SMILES string of the molecule is O=C(CC(=O)N1CCCCC1)Nc1ccccc1C(F)(F)F. The average Bonchev–Trinajstić information content (AvgIpc) is 2.47. The molecular formula is C15H17F3N2O2. The summed E-state index contributed by atoms with van der Waals surface area (Å²) in [7, 11) is 0. The molecule has 1 aromatic carbocycles. The van der Waals surface area contributed by atoms with Crippen molar-refractivity contribution in [1.82, 2.24) is 4.90 Å². The van der Waals surface area contributed by atoms with Crippen LogP contribution in [0.15, 0.2) is 24.3 Å². The van der Waals surface area contributed by atoms with Crippen LogP contribution in [0.3, 0.4) is 0 Å². The molecule has 0 aliphatic carbocycles. The van der Waals surface area contributed by atoms with E-state index in [2.05, 4.69) is 5.32 Å². The number of halogens is 3. The Bertz CT molecular complexity index is 552. The molecule has 1 heterocycles. The van der Waals surface area contributed by atoms with E-state index < -0.39 is 24.1 Å². The first-order chi connectivity index (χ1) is 10.4. The Morgan fingerprint density at radius 2 is 1.73 bits per heavy atom. The first-order valence-corrected chi connectivity index (χ1v) is 7.12. The molecule has 0 unspecified atom stereocenters. The smallest absolute Gasteiger partial charge is 0.342 e. The number of para-hydroxylation sites is 1. The third kappa shape index (κ3) is 4.22. The molecule has 4 nitrogen and oxygen atoms in total. The van der Waals surface area contributed by atoms with Gasteiger partial charge in [-0.3, -0.25) is 9.59 Å². The molecular weight excluding hydrogens is 297 g/mol. The molecule has 2 rings (SSSR count). The van der Waals surface area contributed by atoms with Gasteiger partial charge in [0.15, 0.2) is 0 Å². The van der Waals surface area contributed by atoms with E-state index in [9.17, 15) is 22.8 Å². The lowest BCUT2D eigenvalue weighted by atomic mass is 10.1. The van der Waals surface area contributed by atoms with E-state index in [1.165, 1.54) is 18.2 Å². The highest BCUT2D eigenvalue weighted by molar-refractivity contribution is 6.03. The van der Waals surface area contributed by atoms with Gasteiger partial charge in [-0.1, -0.05) is 12.1 Å². The Morgan fingerprint density at radius 1 is 1.09 bits per heavy atom. The van der Waals surface area contributed by atoms with Gasteiger partial charge in [0, 0.05) is 13.1 Å². The Kier molecular flexibility index (Phi) is 5.05. The minimum Gasteiger partial charge on any atom is -0.342 e. The Hall–Kier alpha value is -2.05. The number of carbonyl (C=O) groups excluding carboxylic acids is 2. The minimum absolute atomic E-state index is 0.327. The van der Waals surface area contributed by atoms with Gasteiger partial charge in [-0.15, -0.1) is 0 Å². The normalized spacial score (nSPS) is 15.5. The molecule has 0 aromatic heterocycles. The number of alkyl halides is 3. The number of rotatable bonds is 3. The molecule has 0 radical (unpaired) electrons. The summed E-state index contributed by atoms with van der Waals surface area (Å²) in [4.78, 5) is 25.3. The lowest BCUT2D eigenvalue weighted by Crippen LogP contribution is -2.37. The molecule has 1 aliphatic heterocycles. The Morgan fingerprint density at radius 3 is 2.36 bits per heavy atom. The van der Waals surface area contributed by atoms with Crippen LogP contribution in [-0.4, -0.2) is 29.8 Å². The number of hydrogen-bond donors (Lipinski definition) is 1. The zero-order valence-electron chi connectivity index (χ0n) is 11.9. The second kappa shape index (κ2) is 6.81. The van der Waals surface area contributed by atoms with Gasteiger partial charge in [0.25, 0.3) is 0 Å². The van der Waals surface area contributed by atoms with Crippen LogP contribution in [0.25, 0.3) is 0 Å². The van der Waals surface area contributed by atoms with E-state index in [1.807, 2.05) is 0 Å². The van der Waals surface area contributed by atoms with Crippen LogP contribution in [0.1, 0.15) is 31.2 Å². The van der Waals surface area contributed by atoms with Crippen LogP contribution < -0.4 is 5.32 Å². The summed E-state index contributed by atoms with van der Waals surface area (Å²) in [6, 6.07) is 4.71. The lowest BCUT2D eigenvalue weighted by molar-refractivity contribution is -0.137. The maximum atomic E-state index is 12.8. The van der Waals surface area contributed by atoms with Gasteiger partial charge in [-0.25, -0.2) is 0 Å². The van der Waals surface area contributed by atoms with Gasteiger partial charge < -0.3 is 10.2 Å². The summed E-state index contributed by atoms with van der Waals surface area (Å²) in [6.07, 6.45) is -2.16. The molecule has 7 heteroatoms. The fourth-order valence-electron chi connectivity index (χ4n) is 2.43. The molecule has 22 heavy (non-hydrogen) atoms. The number of carbonyl (C=O) groups is 2. The monoisotopic (exact) mass is 314 g/mol. The third-order valence-corrected chi connectivity index (χ3v) is 3.53. The third-order valence-electron chi connectivity index (χ3n) is 3.53. The van der Waals surface area contributed by atoms with Crippen molar-refractivity contribution >= 4 is 17.5 Å². The van der Waals surface area contributed by atoms with Crippen LogP contribution in [0, 0.1) is 0 Å². The van der Waals surface area contributed by atoms with Crippen molar-refractivity contribution in [3.8, 4) is 0 Å². The van der Waals surface area contributed by atoms with Gasteiger partial charge in [0.05, 0.1) is 11.3 Å². The maximum absolute atomic E-state index is 12.8. The van der Waals surface area contributed by atoms with E-state index in [4.69, 9.17) is 0 Å². The summed E-state index contributed by atoms with van der Waals surface area (Å²) < 4.78 is 38.5.